The molecule has 0 aliphatic carbocycles. The summed E-state index contributed by atoms with van der Waals surface area (Å²) >= 11 is 5.97. The van der Waals surface area contributed by atoms with E-state index in [4.69, 9.17) is 11.6 Å². The van der Waals surface area contributed by atoms with Gasteiger partial charge in [-0.25, -0.2) is 4.98 Å². The minimum Gasteiger partial charge on any atom is -0.353 e. The summed E-state index contributed by atoms with van der Waals surface area (Å²) in [5, 5.41) is 0.747. The zero-order valence-corrected chi connectivity index (χ0v) is 16.6. The molecule has 0 spiro atoms. The molecule has 1 saturated heterocycles. The van der Waals surface area contributed by atoms with Gasteiger partial charge in [0.1, 0.15) is 5.82 Å². The summed E-state index contributed by atoms with van der Waals surface area (Å²) < 4.78 is 0. The Morgan fingerprint density at radius 3 is 2.46 bits per heavy atom. The van der Waals surface area contributed by atoms with Gasteiger partial charge in [-0.2, -0.15) is 0 Å². The summed E-state index contributed by atoms with van der Waals surface area (Å²) in [5.41, 5.74) is 2.48. The molecule has 7 heteroatoms. The summed E-state index contributed by atoms with van der Waals surface area (Å²) in [6.07, 6.45) is 8.24. The van der Waals surface area contributed by atoms with Crippen molar-refractivity contribution < 1.29 is 4.79 Å². The summed E-state index contributed by atoms with van der Waals surface area (Å²) in [4.78, 5) is 27.6. The maximum atomic E-state index is 12.7. The topological polar surface area (TPSA) is 52.6 Å². The Morgan fingerprint density at radius 2 is 1.82 bits per heavy atom. The molecule has 0 atom stereocenters. The summed E-state index contributed by atoms with van der Waals surface area (Å²) in [6.45, 7) is 5.39. The highest BCUT2D eigenvalue weighted by Gasteiger charge is 2.23. The molecule has 146 valence electrons. The Kier molecular flexibility index (Phi) is 5.88. The highest BCUT2D eigenvalue weighted by molar-refractivity contribution is 6.30. The second-order valence-corrected chi connectivity index (χ2v) is 7.59. The van der Waals surface area contributed by atoms with Crippen LogP contribution in [0.4, 0.5) is 5.82 Å². The number of rotatable bonds is 4. The Morgan fingerprint density at radius 1 is 1.04 bits per heavy atom. The molecule has 0 bridgehead atoms. The zero-order valence-electron chi connectivity index (χ0n) is 15.8. The number of hydrogen-bond acceptors (Lipinski definition) is 5. The number of anilines is 1. The first-order valence-electron chi connectivity index (χ1n) is 9.65. The van der Waals surface area contributed by atoms with Crippen molar-refractivity contribution >= 4 is 28.9 Å². The van der Waals surface area contributed by atoms with Gasteiger partial charge in [-0.3, -0.25) is 14.7 Å². The fourth-order valence-electron chi connectivity index (χ4n) is 3.70. The molecule has 0 unspecified atom stereocenters. The monoisotopic (exact) mass is 397 g/mol. The number of piperazine rings is 1. The van der Waals surface area contributed by atoms with Gasteiger partial charge in [0, 0.05) is 56.7 Å². The SMILES string of the molecule is O=C(CN1CCN(c2cnccn2)CC1)N1CC=C(c2ccc(Cl)cc2)CC1. The van der Waals surface area contributed by atoms with Crippen molar-refractivity contribution in [3.8, 4) is 0 Å². The lowest BCUT2D eigenvalue weighted by atomic mass is 9.99. The third kappa shape index (κ3) is 4.51. The first-order chi connectivity index (χ1) is 13.7. The van der Waals surface area contributed by atoms with Crippen LogP contribution in [0.1, 0.15) is 12.0 Å². The van der Waals surface area contributed by atoms with Crippen LogP contribution in [0.3, 0.4) is 0 Å². The molecule has 4 rings (SSSR count). The summed E-state index contributed by atoms with van der Waals surface area (Å²) in [5.74, 6) is 1.11. The Hall–Kier alpha value is -2.44. The van der Waals surface area contributed by atoms with Crippen molar-refractivity contribution in [2.24, 2.45) is 0 Å². The smallest absolute Gasteiger partial charge is 0.237 e. The second kappa shape index (κ2) is 8.71. The first-order valence-corrected chi connectivity index (χ1v) is 10.0. The number of carbonyl (C=O) groups excluding carboxylic acids is 1. The van der Waals surface area contributed by atoms with Gasteiger partial charge < -0.3 is 9.80 Å². The quantitative estimate of drug-likeness (QED) is 0.793. The van der Waals surface area contributed by atoms with Gasteiger partial charge in [0.2, 0.25) is 5.91 Å². The minimum absolute atomic E-state index is 0.208. The number of benzene rings is 1. The van der Waals surface area contributed by atoms with Crippen molar-refractivity contribution in [3.63, 3.8) is 0 Å². The lowest BCUT2D eigenvalue weighted by Gasteiger charge is -2.36. The molecule has 1 amide bonds. The maximum absolute atomic E-state index is 12.7. The summed E-state index contributed by atoms with van der Waals surface area (Å²) in [6, 6.07) is 7.91. The molecule has 28 heavy (non-hydrogen) atoms. The van der Waals surface area contributed by atoms with Crippen LogP contribution in [0, 0.1) is 0 Å². The van der Waals surface area contributed by atoms with Gasteiger partial charge in [-0.15, -0.1) is 0 Å². The highest BCUT2D eigenvalue weighted by atomic mass is 35.5. The number of aromatic nitrogens is 2. The number of halogens is 1. The molecule has 6 nitrogen and oxygen atoms in total. The maximum Gasteiger partial charge on any atom is 0.237 e. The fourth-order valence-corrected chi connectivity index (χ4v) is 3.83. The lowest BCUT2D eigenvalue weighted by molar-refractivity contribution is -0.132. The Bertz CT molecular complexity index is 832. The summed E-state index contributed by atoms with van der Waals surface area (Å²) in [7, 11) is 0. The van der Waals surface area contributed by atoms with E-state index in [-0.39, 0.29) is 5.91 Å². The molecule has 0 N–H and O–H groups in total. The average Bonchev–Trinajstić information content (AvgIpc) is 2.75. The van der Waals surface area contributed by atoms with Crippen LogP contribution in [-0.4, -0.2) is 71.5 Å². The molecule has 2 aromatic rings. The minimum atomic E-state index is 0.208. The molecule has 1 aromatic heterocycles. The molecular weight excluding hydrogens is 374 g/mol. The molecule has 0 radical (unpaired) electrons. The number of amides is 1. The molecule has 2 aliphatic rings. The predicted molar refractivity (Wildman–Crippen MR) is 111 cm³/mol. The predicted octanol–water partition coefficient (Wildman–Crippen LogP) is 2.57. The van der Waals surface area contributed by atoms with E-state index in [1.165, 1.54) is 11.1 Å². The van der Waals surface area contributed by atoms with Crippen molar-refractivity contribution in [2.75, 3.05) is 50.7 Å². The first kappa shape index (κ1) is 18.9. The number of nitrogens with zero attached hydrogens (tertiary/aromatic N) is 5. The van der Waals surface area contributed by atoms with E-state index in [0.717, 1.165) is 50.0 Å². The standard InChI is InChI=1S/C21H24ClN5O/c22-19-3-1-17(2-4-19)18-5-9-27(10-6-18)21(28)16-25-11-13-26(14-12-25)20-15-23-7-8-24-20/h1-5,7-8,15H,6,9-14,16H2. The van der Waals surface area contributed by atoms with E-state index in [9.17, 15) is 4.79 Å². The van der Waals surface area contributed by atoms with Crippen molar-refractivity contribution in [2.45, 2.75) is 6.42 Å². The second-order valence-electron chi connectivity index (χ2n) is 7.15. The molecular formula is C21H24ClN5O. The van der Waals surface area contributed by atoms with Crippen LogP contribution in [0.5, 0.6) is 0 Å². The Balaban J connectivity index is 1.26. The zero-order chi connectivity index (χ0) is 19.3. The third-order valence-electron chi connectivity index (χ3n) is 5.38. The van der Waals surface area contributed by atoms with Crippen molar-refractivity contribution in [3.05, 3.63) is 59.5 Å². The van der Waals surface area contributed by atoms with E-state index >= 15 is 0 Å². The van der Waals surface area contributed by atoms with Crippen molar-refractivity contribution in [1.29, 1.82) is 0 Å². The number of hydrogen-bond donors (Lipinski definition) is 0. The molecule has 1 aromatic carbocycles. The van der Waals surface area contributed by atoms with Crippen LogP contribution >= 0.6 is 11.6 Å². The normalized spacial score (nSPS) is 18.1. The van der Waals surface area contributed by atoms with Crippen molar-refractivity contribution in [1.82, 2.24) is 19.8 Å². The van der Waals surface area contributed by atoms with Crippen LogP contribution in [-0.2, 0) is 4.79 Å². The molecule has 0 saturated carbocycles. The Labute approximate surface area is 170 Å². The van der Waals surface area contributed by atoms with Gasteiger partial charge in [0.25, 0.3) is 0 Å². The van der Waals surface area contributed by atoms with E-state index in [1.807, 2.05) is 29.2 Å². The molecule has 3 heterocycles. The van der Waals surface area contributed by atoms with E-state index in [1.54, 1.807) is 18.6 Å². The van der Waals surface area contributed by atoms with E-state index in [2.05, 4.69) is 25.8 Å². The third-order valence-corrected chi connectivity index (χ3v) is 5.63. The van der Waals surface area contributed by atoms with Gasteiger partial charge >= 0.3 is 0 Å². The van der Waals surface area contributed by atoms with E-state index < -0.39 is 0 Å². The lowest BCUT2D eigenvalue weighted by Crippen LogP contribution is -2.50. The molecule has 2 aliphatic heterocycles. The van der Waals surface area contributed by atoms with Crippen LogP contribution in [0.25, 0.3) is 5.57 Å². The average molecular weight is 398 g/mol. The van der Waals surface area contributed by atoms with Crippen LogP contribution in [0.15, 0.2) is 48.9 Å². The highest BCUT2D eigenvalue weighted by Crippen LogP contribution is 2.24. The van der Waals surface area contributed by atoms with Gasteiger partial charge in [0.15, 0.2) is 0 Å². The van der Waals surface area contributed by atoms with Gasteiger partial charge in [-0.05, 0) is 29.7 Å². The van der Waals surface area contributed by atoms with Crippen LogP contribution in [0.2, 0.25) is 5.02 Å². The van der Waals surface area contributed by atoms with Gasteiger partial charge in [0.05, 0.1) is 12.7 Å². The largest absolute Gasteiger partial charge is 0.353 e. The molecule has 1 fully saturated rings. The van der Waals surface area contributed by atoms with E-state index in [0.29, 0.717) is 13.1 Å². The fraction of sp³-hybridized carbons (Fsp3) is 0.381. The van der Waals surface area contributed by atoms with Crippen LogP contribution < -0.4 is 4.90 Å². The number of carbonyl (C=O) groups is 1. The van der Waals surface area contributed by atoms with Gasteiger partial charge in [-0.1, -0.05) is 29.8 Å².